The highest BCUT2D eigenvalue weighted by Gasteiger charge is 2.15. The van der Waals surface area contributed by atoms with Crippen LogP contribution in [-0.4, -0.2) is 19.9 Å². The van der Waals surface area contributed by atoms with Gasteiger partial charge in [-0.15, -0.1) is 0 Å². The lowest BCUT2D eigenvalue weighted by Gasteiger charge is -2.12. The van der Waals surface area contributed by atoms with E-state index < -0.39 is 0 Å². The van der Waals surface area contributed by atoms with Crippen LogP contribution in [0.15, 0.2) is 146 Å². The number of fused-ring (bicyclic) bond motifs is 6. The number of aromatic nitrogens is 4. The largest absolute Gasteiger partial charge is 0.264 e. The first-order valence-corrected chi connectivity index (χ1v) is 14.0. The predicted molar refractivity (Wildman–Crippen MR) is 172 cm³/mol. The molecule has 0 unspecified atom stereocenters. The maximum absolute atomic E-state index is 5.02. The van der Waals surface area contributed by atoms with E-state index in [0.29, 0.717) is 17.5 Å². The molecule has 0 saturated carbocycles. The van der Waals surface area contributed by atoms with Crippen LogP contribution in [-0.2, 0) is 0 Å². The zero-order valence-corrected chi connectivity index (χ0v) is 22.6. The Hall–Kier alpha value is -5.74. The van der Waals surface area contributed by atoms with Crippen molar-refractivity contribution in [2.45, 2.75) is 0 Å². The molecule has 4 heteroatoms. The second-order valence-corrected chi connectivity index (χ2v) is 10.3. The Morgan fingerprint density at radius 2 is 0.762 bits per heavy atom. The molecule has 0 amide bonds. The molecule has 0 radical (unpaired) electrons. The molecule has 0 saturated heterocycles. The summed E-state index contributed by atoms with van der Waals surface area (Å²) in [5, 5.41) is 7.37. The molecule has 0 aliphatic rings. The molecule has 0 N–H and O–H groups in total. The van der Waals surface area contributed by atoms with Gasteiger partial charge in [0.2, 0.25) is 0 Å². The van der Waals surface area contributed by atoms with E-state index in [4.69, 9.17) is 15.0 Å². The minimum atomic E-state index is 0.639. The van der Waals surface area contributed by atoms with E-state index in [1.807, 2.05) is 42.6 Å². The average molecular weight is 537 g/mol. The summed E-state index contributed by atoms with van der Waals surface area (Å²) in [6.07, 6.45) is 3.66. The summed E-state index contributed by atoms with van der Waals surface area (Å²) >= 11 is 0. The van der Waals surface area contributed by atoms with E-state index in [9.17, 15) is 0 Å². The fourth-order valence-electron chi connectivity index (χ4n) is 5.74. The van der Waals surface area contributed by atoms with Gasteiger partial charge in [0.25, 0.3) is 0 Å². The summed E-state index contributed by atoms with van der Waals surface area (Å²) in [6.45, 7) is 0. The Bertz CT molecular complexity index is 2190. The standard InChI is InChI=1S/C38H24N4/c1-2-9-26(10-3-1)36-40-37(27-18-16-25(17-19-27)29-11-8-22-39-24-29)42-38(41-36)28-20-21-34-32-14-5-4-12-30(32)31-13-6-7-15-33(31)35(34)23-28/h1-24H. The fraction of sp³-hybridized carbons (Fsp3) is 0. The molecule has 42 heavy (non-hydrogen) atoms. The van der Waals surface area contributed by atoms with Crippen molar-refractivity contribution in [3.8, 4) is 45.3 Å². The summed E-state index contributed by atoms with van der Waals surface area (Å²) < 4.78 is 0. The van der Waals surface area contributed by atoms with Crippen LogP contribution in [0.2, 0.25) is 0 Å². The van der Waals surface area contributed by atoms with Crippen molar-refractivity contribution in [3.63, 3.8) is 0 Å². The van der Waals surface area contributed by atoms with Crippen molar-refractivity contribution in [2.24, 2.45) is 0 Å². The van der Waals surface area contributed by atoms with E-state index >= 15 is 0 Å². The van der Waals surface area contributed by atoms with Crippen molar-refractivity contribution >= 4 is 32.3 Å². The minimum Gasteiger partial charge on any atom is -0.264 e. The summed E-state index contributed by atoms with van der Waals surface area (Å²) in [6, 6.07) is 46.2. The zero-order chi connectivity index (χ0) is 27.9. The van der Waals surface area contributed by atoms with Gasteiger partial charge in [-0.3, -0.25) is 4.98 Å². The van der Waals surface area contributed by atoms with Crippen molar-refractivity contribution in [2.75, 3.05) is 0 Å². The van der Waals surface area contributed by atoms with Gasteiger partial charge in [0.15, 0.2) is 17.5 Å². The lowest BCUT2D eigenvalue weighted by atomic mass is 9.93. The summed E-state index contributed by atoms with van der Waals surface area (Å²) in [4.78, 5) is 19.2. The lowest BCUT2D eigenvalue weighted by molar-refractivity contribution is 1.07. The SMILES string of the molecule is c1ccc(-c2nc(-c3ccc(-c4cccnc4)cc3)nc(-c3ccc4c5ccccc5c5ccccc5c4c3)n2)cc1. The fourth-order valence-corrected chi connectivity index (χ4v) is 5.74. The zero-order valence-electron chi connectivity index (χ0n) is 22.6. The van der Waals surface area contributed by atoms with E-state index in [0.717, 1.165) is 27.8 Å². The van der Waals surface area contributed by atoms with E-state index in [1.54, 1.807) is 6.20 Å². The van der Waals surface area contributed by atoms with Crippen LogP contribution in [0.1, 0.15) is 0 Å². The average Bonchev–Trinajstić information content (AvgIpc) is 3.09. The molecule has 8 aromatic rings. The van der Waals surface area contributed by atoms with Crippen LogP contribution in [0.25, 0.3) is 77.6 Å². The van der Waals surface area contributed by atoms with Crippen molar-refractivity contribution in [1.29, 1.82) is 0 Å². The number of nitrogens with zero attached hydrogens (tertiary/aromatic N) is 4. The highest BCUT2D eigenvalue weighted by Crippen LogP contribution is 2.37. The van der Waals surface area contributed by atoms with E-state index in [1.165, 1.54) is 32.3 Å². The second kappa shape index (κ2) is 10.0. The van der Waals surface area contributed by atoms with Gasteiger partial charge in [0.1, 0.15) is 0 Å². The third kappa shape index (κ3) is 4.18. The van der Waals surface area contributed by atoms with Crippen LogP contribution in [0.3, 0.4) is 0 Å². The van der Waals surface area contributed by atoms with Crippen LogP contribution >= 0.6 is 0 Å². The number of rotatable bonds is 4. The predicted octanol–water partition coefficient (Wildman–Crippen LogP) is 9.39. The molecule has 0 bridgehead atoms. The Labute approximate surface area is 243 Å². The van der Waals surface area contributed by atoms with Gasteiger partial charge in [-0.05, 0) is 55.6 Å². The maximum atomic E-state index is 5.02. The molecule has 196 valence electrons. The van der Waals surface area contributed by atoms with Gasteiger partial charge in [0.05, 0.1) is 0 Å². The van der Waals surface area contributed by atoms with Gasteiger partial charge in [-0.2, -0.15) is 0 Å². The quantitative estimate of drug-likeness (QED) is 0.210. The molecular formula is C38H24N4. The van der Waals surface area contributed by atoms with Gasteiger partial charge in [-0.1, -0.05) is 121 Å². The lowest BCUT2D eigenvalue weighted by Crippen LogP contribution is -2.00. The second-order valence-electron chi connectivity index (χ2n) is 10.3. The smallest absolute Gasteiger partial charge is 0.164 e. The molecular weight excluding hydrogens is 512 g/mol. The Kier molecular flexibility index (Phi) is 5.75. The highest BCUT2D eigenvalue weighted by atomic mass is 15.0. The van der Waals surface area contributed by atoms with Gasteiger partial charge < -0.3 is 0 Å². The van der Waals surface area contributed by atoms with Gasteiger partial charge >= 0.3 is 0 Å². The third-order valence-corrected chi connectivity index (χ3v) is 7.81. The topological polar surface area (TPSA) is 51.6 Å². The molecule has 8 rings (SSSR count). The normalized spacial score (nSPS) is 11.3. The van der Waals surface area contributed by atoms with Gasteiger partial charge in [0, 0.05) is 29.1 Å². The van der Waals surface area contributed by atoms with E-state index in [-0.39, 0.29) is 0 Å². The van der Waals surface area contributed by atoms with Gasteiger partial charge in [-0.25, -0.2) is 15.0 Å². The first kappa shape index (κ1) is 24.1. The number of hydrogen-bond donors (Lipinski definition) is 0. The number of benzene rings is 6. The molecule has 2 heterocycles. The summed E-state index contributed by atoms with van der Waals surface area (Å²) in [7, 11) is 0. The minimum absolute atomic E-state index is 0.639. The Balaban J connectivity index is 1.32. The Morgan fingerprint density at radius 1 is 0.310 bits per heavy atom. The summed E-state index contributed by atoms with van der Waals surface area (Å²) in [5.41, 5.74) is 5.00. The molecule has 0 aliphatic carbocycles. The molecule has 0 aliphatic heterocycles. The first-order chi connectivity index (χ1) is 20.8. The molecule has 6 aromatic carbocycles. The third-order valence-electron chi connectivity index (χ3n) is 7.81. The monoisotopic (exact) mass is 536 g/mol. The Morgan fingerprint density at radius 3 is 1.36 bits per heavy atom. The van der Waals surface area contributed by atoms with Crippen LogP contribution in [0.4, 0.5) is 0 Å². The van der Waals surface area contributed by atoms with Crippen molar-refractivity contribution in [1.82, 2.24) is 19.9 Å². The van der Waals surface area contributed by atoms with Crippen LogP contribution in [0, 0.1) is 0 Å². The molecule has 4 nitrogen and oxygen atoms in total. The first-order valence-electron chi connectivity index (χ1n) is 14.0. The number of pyridine rings is 1. The molecule has 0 atom stereocenters. The molecule has 2 aromatic heterocycles. The van der Waals surface area contributed by atoms with Crippen molar-refractivity contribution in [3.05, 3.63) is 146 Å². The van der Waals surface area contributed by atoms with Crippen molar-refractivity contribution < 1.29 is 0 Å². The molecule has 0 spiro atoms. The van der Waals surface area contributed by atoms with E-state index in [2.05, 4.69) is 102 Å². The number of hydrogen-bond acceptors (Lipinski definition) is 4. The molecule has 0 fully saturated rings. The van der Waals surface area contributed by atoms with Crippen LogP contribution in [0.5, 0.6) is 0 Å². The highest BCUT2D eigenvalue weighted by molar-refractivity contribution is 6.25. The van der Waals surface area contributed by atoms with Crippen LogP contribution < -0.4 is 0 Å². The summed E-state index contributed by atoms with van der Waals surface area (Å²) in [5.74, 6) is 1.93. The maximum Gasteiger partial charge on any atom is 0.164 e.